The summed E-state index contributed by atoms with van der Waals surface area (Å²) in [6, 6.07) is 4.71. The van der Waals surface area contributed by atoms with Crippen molar-refractivity contribution in [2.45, 2.75) is 25.3 Å². The molecule has 1 aliphatic heterocycles. The molecule has 1 aliphatic carbocycles. The van der Waals surface area contributed by atoms with Crippen molar-refractivity contribution < 1.29 is 0 Å². The van der Waals surface area contributed by atoms with Gasteiger partial charge in [0.1, 0.15) is 10.7 Å². The number of aromatic nitrogens is 1. The van der Waals surface area contributed by atoms with Crippen molar-refractivity contribution in [1.82, 2.24) is 10.3 Å². The van der Waals surface area contributed by atoms with E-state index in [9.17, 15) is 0 Å². The average molecular weight is 304 g/mol. The molecule has 3 rings (SSSR count). The van der Waals surface area contributed by atoms with Gasteiger partial charge in [-0.15, -0.1) is 0 Å². The minimum Gasteiger partial charge on any atom is -0.313 e. The lowest BCUT2D eigenvalue weighted by molar-refractivity contribution is 0.445. The zero-order chi connectivity index (χ0) is 12.5. The Balaban J connectivity index is 1.89. The zero-order valence-corrected chi connectivity index (χ0v) is 11.6. The van der Waals surface area contributed by atoms with Crippen molar-refractivity contribution in [1.29, 1.82) is 5.26 Å². The van der Waals surface area contributed by atoms with E-state index in [-0.39, 0.29) is 0 Å². The maximum Gasteiger partial charge on any atom is 0.123 e. The van der Waals surface area contributed by atoms with Gasteiger partial charge in [0, 0.05) is 12.2 Å². The molecule has 0 radical (unpaired) electrons. The highest BCUT2D eigenvalue weighted by Gasteiger charge is 2.30. The molecule has 2 unspecified atom stereocenters. The SMILES string of the molecule is N#Cc1cc(C2=CCC3CCNC3C2)cnc1Br. The molecule has 2 heterocycles. The molecule has 2 aliphatic rings. The Morgan fingerprint density at radius 1 is 1.50 bits per heavy atom. The summed E-state index contributed by atoms with van der Waals surface area (Å²) in [7, 11) is 0. The van der Waals surface area contributed by atoms with Crippen molar-refractivity contribution in [3.8, 4) is 6.07 Å². The maximum absolute atomic E-state index is 9.04. The quantitative estimate of drug-likeness (QED) is 0.812. The van der Waals surface area contributed by atoms with Gasteiger partial charge in [-0.05, 0) is 64.9 Å². The minimum absolute atomic E-state index is 0.606. The number of rotatable bonds is 1. The lowest BCUT2D eigenvalue weighted by Crippen LogP contribution is -2.29. The molecular weight excluding hydrogens is 290 g/mol. The Morgan fingerprint density at radius 3 is 3.22 bits per heavy atom. The van der Waals surface area contributed by atoms with Gasteiger partial charge < -0.3 is 5.32 Å². The van der Waals surface area contributed by atoms with Crippen molar-refractivity contribution in [3.05, 3.63) is 34.1 Å². The summed E-state index contributed by atoms with van der Waals surface area (Å²) in [5, 5.41) is 12.6. The van der Waals surface area contributed by atoms with Gasteiger partial charge >= 0.3 is 0 Å². The Labute approximate surface area is 115 Å². The van der Waals surface area contributed by atoms with Crippen molar-refractivity contribution >= 4 is 21.5 Å². The number of nitrogens with zero attached hydrogens (tertiary/aromatic N) is 2. The summed E-state index contributed by atoms with van der Waals surface area (Å²) < 4.78 is 0.627. The van der Waals surface area contributed by atoms with Crippen LogP contribution in [-0.4, -0.2) is 17.6 Å². The average Bonchev–Trinajstić information content (AvgIpc) is 2.86. The lowest BCUT2D eigenvalue weighted by atomic mass is 9.83. The fourth-order valence-electron chi connectivity index (χ4n) is 2.89. The molecule has 3 nitrogen and oxygen atoms in total. The van der Waals surface area contributed by atoms with Gasteiger partial charge in [0.05, 0.1) is 5.56 Å². The Kier molecular flexibility index (Phi) is 3.19. The molecule has 0 bridgehead atoms. The van der Waals surface area contributed by atoms with Crippen LogP contribution in [0.15, 0.2) is 22.9 Å². The second-order valence-corrected chi connectivity index (χ2v) is 5.70. The highest BCUT2D eigenvalue weighted by molar-refractivity contribution is 9.10. The Bertz CT molecular complexity index is 544. The van der Waals surface area contributed by atoms with Gasteiger partial charge in [-0.2, -0.15) is 5.26 Å². The second-order valence-electron chi connectivity index (χ2n) is 4.95. The second kappa shape index (κ2) is 4.83. The van der Waals surface area contributed by atoms with E-state index >= 15 is 0 Å². The number of nitrogens with one attached hydrogen (secondary N) is 1. The third kappa shape index (κ3) is 2.09. The topological polar surface area (TPSA) is 48.7 Å². The predicted octanol–water partition coefficient (Wildman–Crippen LogP) is 2.87. The Hall–Kier alpha value is -1.18. The summed E-state index contributed by atoms with van der Waals surface area (Å²) in [5.41, 5.74) is 3.01. The van der Waals surface area contributed by atoms with E-state index in [1.165, 1.54) is 12.0 Å². The number of allylic oxidation sites excluding steroid dienone is 1. The molecule has 0 spiro atoms. The molecule has 0 aromatic carbocycles. The number of nitriles is 1. The molecule has 18 heavy (non-hydrogen) atoms. The van der Waals surface area contributed by atoms with Gasteiger partial charge in [-0.25, -0.2) is 4.98 Å². The first kappa shape index (κ1) is 11.9. The molecule has 1 saturated heterocycles. The fraction of sp³-hybridized carbons (Fsp3) is 0.429. The summed E-state index contributed by atoms with van der Waals surface area (Å²) in [6.07, 6.45) is 7.66. The molecule has 1 aromatic rings. The predicted molar refractivity (Wildman–Crippen MR) is 73.8 cm³/mol. The highest BCUT2D eigenvalue weighted by atomic mass is 79.9. The van der Waals surface area contributed by atoms with Crippen LogP contribution >= 0.6 is 15.9 Å². The third-order valence-electron chi connectivity index (χ3n) is 3.93. The number of fused-ring (bicyclic) bond motifs is 1. The van der Waals surface area contributed by atoms with Gasteiger partial charge in [0.25, 0.3) is 0 Å². The highest BCUT2D eigenvalue weighted by Crippen LogP contribution is 2.35. The molecule has 1 aromatic heterocycles. The van der Waals surface area contributed by atoms with Crippen LogP contribution in [0.4, 0.5) is 0 Å². The molecular formula is C14H14BrN3. The van der Waals surface area contributed by atoms with E-state index in [0.717, 1.165) is 30.9 Å². The number of hydrogen-bond acceptors (Lipinski definition) is 3. The van der Waals surface area contributed by atoms with Crippen LogP contribution in [0.25, 0.3) is 5.57 Å². The minimum atomic E-state index is 0.606. The fourth-order valence-corrected chi connectivity index (χ4v) is 3.20. The third-order valence-corrected chi connectivity index (χ3v) is 4.56. The van der Waals surface area contributed by atoms with Gasteiger partial charge in [-0.1, -0.05) is 6.08 Å². The summed E-state index contributed by atoms with van der Waals surface area (Å²) in [6.45, 7) is 1.14. The molecule has 0 saturated carbocycles. The molecule has 2 atom stereocenters. The summed E-state index contributed by atoms with van der Waals surface area (Å²) in [5.74, 6) is 0.799. The number of pyridine rings is 1. The standard InChI is InChI=1S/C14H14BrN3/c15-14-11(7-16)5-12(8-18-14)10-2-1-9-3-4-17-13(9)6-10/h2,5,8-9,13,17H,1,3-4,6H2. The van der Waals surface area contributed by atoms with E-state index in [2.05, 4.69) is 38.4 Å². The first-order valence-corrected chi connectivity index (χ1v) is 7.05. The van der Waals surface area contributed by atoms with Crippen LogP contribution in [0.2, 0.25) is 0 Å². The van der Waals surface area contributed by atoms with Crippen LogP contribution in [0.1, 0.15) is 30.4 Å². The van der Waals surface area contributed by atoms with Crippen molar-refractivity contribution in [2.75, 3.05) is 6.54 Å². The lowest BCUT2D eigenvalue weighted by Gasteiger charge is -2.25. The number of halogens is 1. The Morgan fingerprint density at radius 2 is 2.39 bits per heavy atom. The van der Waals surface area contributed by atoms with Crippen LogP contribution in [-0.2, 0) is 0 Å². The van der Waals surface area contributed by atoms with E-state index in [0.29, 0.717) is 16.2 Å². The molecule has 1 fully saturated rings. The normalized spacial score (nSPS) is 26.3. The van der Waals surface area contributed by atoms with E-state index in [1.54, 1.807) is 0 Å². The van der Waals surface area contributed by atoms with E-state index in [1.807, 2.05) is 12.3 Å². The van der Waals surface area contributed by atoms with Crippen LogP contribution in [0, 0.1) is 17.2 Å². The van der Waals surface area contributed by atoms with Crippen molar-refractivity contribution in [2.24, 2.45) is 5.92 Å². The van der Waals surface area contributed by atoms with Gasteiger partial charge in [0.2, 0.25) is 0 Å². The number of hydrogen-bond donors (Lipinski definition) is 1. The van der Waals surface area contributed by atoms with E-state index in [4.69, 9.17) is 5.26 Å². The van der Waals surface area contributed by atoms with Crippen molar-refractivity contribution in [3.63, 3.8) is 0 Å². The van der Waals surface area contributed by atoms with Gasteiger partial charge in [0.15, 0.2) is 0 Å². The first-order valence-electron chi connectivity index (χ1n) is 6.26. The van der Waals surface area contributed by atoms with E-state index < -0.39 is 0 Å². The molecule has 0 amide bonds. The first-order chi connectivity index (χ1) is 8.78. The smallest absolute Gasteiger partial charge is 0.123 e. The molecule has 92 valence electrons. The van der Waals surface area contributed by atoms with Crippen LogP contribution < -0.4 is 5.32 Å². The largest absolute Gasteiger partial charge is 0.313 e. The maximum atomic E-state index is 9.04. The molecule has 1 N–H and O–H groups in total. The van der Waals surface area contributed by atoms with Gasteiger partial charge in [-0.3, -0.25) is 0 Å². The van der Waals surface area contributed by atoms with Crippen LogP contribution in [0.3, 0.4) is 0 Å². The summed E-state index contributed by atoms with van der Waals surface area (Å²) >= 11 is 3.29. The van der Waals surface area contributed by atoms with Crippen LogP contribution in [0.5, 0.6) is 0 Å². The summed E-state index contributed by atoms with van der Waals surface area (Å²) in [4.78, 5) is 4.24. The monoisotopic (exact) mass is 303 g/mol. The zero-order valence-electron chi connectivity index (χ0n) is 9.99. The molecule has 4 heteroatoms.